The molecule has 110 valence electrons. The van der Waals surface area contributed by atoms with Crippen molar-refractivity contribution in [3.05, 3.63) is 30.1 Å². The van der Waals surface area contributed by atoms with E-state index in [1.807, 2.05) is 13.0 Å². The average Bonchev–Trinajstić information content (AvgIpc) is 2.35. The lowest BCUT2D eigenvalue weighted by Gasteiger charge is -2.28. The summed E-state index contributed by atoms with van der Waals surface area (Å²) < 4.78 is 0. The molecule has 6 nitrogen and oxygen atoms in total. The molecule has 0 radical (unpaired) electrons. The number of carboxylic acids is 1. The topological polar surface area (TPSA) is 91.3 Å². The molecular formula is C14H21N3O3. The average molecular weight is 279 g/mol. The smallest absolute Gasteiger partial charge is 0.326 e. The van der Waals surface area contributed by atoms with Crippen molar-refractivity contribution in [2.24, 2.45) is 5.41 Å². The molecule has 1 aromatic heterocycles. The summed E-state index contributed by atoms with van der Waals surface area (Å²) in [5.74, 6) is -1.05. The Labute approximate surface area is 118 Å². The number of nitrogens with zero attached hydrogens (tertiary/aromatic N) is 1. The number of nitrogens with one attached hydrogen (secondary N) is 2. The minimum atomic E-state index is -1.05. The first kappa shape index (κ1) is 15.9. The first-order valence-corrected chi connectivity index (χ1v) is 6.41. The first-order valence-electron chi connectivity index (χ1n) is 6.41. The third-order valence-corrected chi connectivity index (χ3v) is 2.92. The fourth-order valence-electron chi connectivity index (χ4n) is 1.73. The summed E-state index contributed by atoms with van der Waals surface area (Å²) in [4.78, 5) is 27.0. The molecule has 0 saturated heterocycles. The number of amides is 2. The number of aromatic nitrogens is 1. The maximum atomic E-state index is 11.9. The van der Waals surface area contributed by atoms with Crippen LogP contribution in [-0.2, 0) is 4.79 Å². The fourth-order valence-corrected chi connectivity index (χ4v) is 1.73. The van der Waals surface area contributed by atoms with Crippen LogP contribution in [0.25, 0.3) is 0 Å². The quantitative estimate of drug-likeness (QED) is 0.785. The van der Waals surface area contributed by atoms with E-state index in [-0.39, 0.29) is 6.04 Å². The van der Waals surface area contributed by atoms with Gasteiger partial charge in [0.2, 0.25) is 0 Å². The van der Waals surface area contributed by atoms with E-state index in [9.17, 15) is 9.59 Å². The van der Waals surface area contributed by atoms with E-state index in [0.29, 0.717) is 0 Å². The third-order valence-electron chi connectivity index (χ3n) is 2.92. The Kier molecular flexibility index (Phi) is 5.07. The number of aliphatic carboxylic acids is 1. The molecule has 2 atom stereocenters. The zero-order chi connectivity index (χ0) is 15.3. The molecule has 0 aromatic carbocycles. The predicted octanol–water partition coefficient (Wildman–Crippen LogP) is 1.94. The normalized spacial score (nSPS) is 14.2. The van der Waals surface area contributed by atoms with Gasteiger partial charge in [-0.2, -0.15) is 0 Å². The van der Waals surface area contributed by atoms with E-state index in [0.717, 1.165) is 5.56 Å². The van der Waals surface area contributed by atoms with Crippen molar-refractivity contribution in [2.75, 3.05) is 0 Å². The van der Waals surface area contributed by atoms with E-state index < -0.39 is 23.5 Å². The Balaban J connectivity index is 2.65. The predicted molar refractivity (Wildman–Crippen MR) is 75.2 cm³/mol. The lowest BCUT2D eigenvalue weighted by Crippen LogP contribution is -2.52. The lowest BCUT2D eigenvalue weighted by molar-refractivity contribution is -0.141. The maximum Gasteiger partial charge on any atom is 0.326 e. The summed E-state index contributed by atoms with van der Waals surface area (Å²) in [5, 5.41) is 14.3. The molecule has 0 aliphatic heterocycles. The summed E-state index contributed by atoms with van der Waals surface area (Å²) in [6.07, 6.45) is 3.31. The van der Waals surface area contributed by atoms with Crippen LogP contribution >= 0.6 is 0 Å². The molecule has 1 rings (SSSR count). The molecule has 0 aliphatic carbocycles. The van der Waals surface area contributed by atoms with Crippen molar-refractivity contribution in [3.63, 3.8) is 0 Å². The fraction of sp³-hybridized carbons (Fsp3) is 0.500. The Morgan fingerprint density at radius 2 is 1.95 bits per heavy atom. The highest BCUT2D eigenvalue weighted by Crippen LogP contribution is 2.19. The highest BCUT2D eigenvalue weighted by Gasteiger charge is 2.32. The van der Waals surface area contributed by atoms with Gasteiger partial charge in [-0.1, -0.05) is 26.8 Å². The number of carbonyl (C=O) groups is 2. The van der Waals surface area contributed by atoms with Crippen LogP contribution in [0.4, 0.5) is 4.79 Å². The second-order valence-corrected chi connectivity index (χ2v) is 5.76. The SMILES string of the molecule is CC(NC(=O)N[C@H](C(=O)O)C(C)(C)C)c1cccnc1. The second-order valence-electron chi connectivity index (χ2n) is 5.76. The third kappa shape index (κ3) is 4.53. The number of pyridine rings is 1. The highest BCUT2D eigenvalue weighted by molar-refractivity contribution is 5.83. The zero-order valence-corrected chi connectivity index (χ0v) is 12.2. The van der Waals surface area contributed by atoms with Gasteiger partial charge in [0, 0.05) is 12.4 Å². The number of hydrogen-bond acceptors (Lipinski definition) is 3. The summed E-state index contributed by atoms with van der Waals surface area (Å²) in [6.45, 7) is 7.09. The van der Waals surface area contributed by atoms with Crippen molar-refractivity contribution in [2.45, 2.75) is 39.8 Å². The van der Waals surface area contributed by atoms with E-state index in [4.69, 9.17) is 5.11 Å². The van der Waals surface area contributed by atoms with Crippen LogP contribution in [-0.4, -0.2) is 28.1 Å². The zero-order valence-electron chi connectivity index (χ0n) is 12.2. The van der Waals surface area contributed by atoms with Gasteiger partial charge in [-0.3, -0.25) is 4.98 Å². The number of rotatable bonds is 4. The number of carboxylic acid groups (broad SMARTS) is 1. The number of carbonyl (C=O) groups excluding carboxylic acids is 1. The van der Waals surface area contributed by atoms with E-state index in [1.54, 1.807) is 39.2 Å². The highest BCUT2D eigenvalue weighted by atomic mass is 16.4. The van der Waals surface area contributed by atoms with Crippen molar-refractivity contribution >= 4 is 12.0 Å². The lowest BCUT2D eigenvalue weighted by atomic mass is 9.87. The molecule has 0 spiro atoms. The molecule has 1 aromatic rings. The molecule has 3 N–H and O–H groups in total. The van der Waals surface area contributed by atoms with Gasteiger partial charge < -0.3 is 15.7 Å². The minimum Gasteiger partial charge on any atom is -0.480 e. The summed E-state index contributed by atoms with van der Waals surface area (Å²) >= 11 is 0. The first-order chi connectivity index (χ1) is 9.21. The Bertz CT molecular complexity index is 468. The molecule has 0 bridgehead atoms. The number of hydrogen-bond donors (Lipinski definition) is 3. The molecule has 20 heavy (non-hydrogen) atoms. The van der Waals surface area contributed by atoms with E-state index in [2.05, 4.69) is 15.6 Å². The van der Waals surface area contributed by atoms with Gasteiger partial charge in [-0.15, -0.1) is 0 Å². The van der Waals surface area contributed by atoms with E-state index >= 15 is 0 Å². The van der Waals surface area contributed by atoms with Crippen LogP contribution < -0.4 is 10.6 Å². The molecule has 0 fully saturated rings. The van der Waals surface area contributed by atoms with Gasteiger partial charge in [0.05, 0.1) is 6.04 Å². The maximum absolute atomic E-state index is 11.9. The molecule has 1 heterocycles. The summed E-state index contributed by atoms with van der Waals surface area (Å²) in [5.41, 5.74) is 0.283. The van der Waals surface area contributed by atoms with E-state index in [1.165, 1.54) is 0 Å². The van der Waals surface area contributed by atoms with Gasteiger partial charge in [-0.05, 0) is 24.0 Å². The second kappa shape index (κ2) is 6.36. The Morgan fingerprint density at radius 3 is 2.40 bits per heavy atom. The molecule has 0 aliphatic rings. The molecule has 2 amide bonds. The molecule has 6 heteroatoms. The molecule has 0 saturated carbocycles. The van der Waals surface area contributed by atoms with Crippen LogP contribution in [0.15, 0.2) is 24.5 Å². The van der Waals surface area contributed by atoms with Crippen LogP contribution in [0.1, 0.15) is 39.3 Å². The molecular weight excluding hydrogens is 258 g/mol. The minimum absolute atomic E-state index is 0.252. The van der Waals surface area contributed by atoms with Gasteiger partial charge in [0.15, 0.2) is 0 Å². The largest absolute Gasteiger partial charge is 0.480 e. The Hall–Kier alpha value is -2.11. The van der Waals surface area contributed by atoms with Crippen molar-refractivity contribution < 1.29 is 14.7 Å². The molecule has 1 unspecified atom stereocenters. The monoisotopic (exact) mass is 279 g/mol. The van der Waals surface area contributed by atoms with Crippen molar-refractivity contribution in [3.8, 4) is 0 Å². The van der Waals surface area contributed by atoms with Crippen LogP contribution in [0.5, 0.6) is 0 Å². The van der Waals surface area contributed by atoms with Crippen molar-refractivity contribution in [1.29, 1.82) is 0 Å². The van der Waals surface area contributed by atoms with Gasteiger partial charge in [0.25, 0.3) is 0 Å². The van der Waals surface area contributed by atoms with Crippen LogP contribution in [0.3, 0.4) is 0 Å². The summed E-state index contributed by atoms with van der Waals surface area (Å²) in [6, 6.07) is 1.90. The number of urea groups is 1. The van der Waals surface area contributed by atoms with Crippen molar-refractivity contribution in [1.82, 2.24) is 15.6 Å². The Morgan fingerprint density at radius 1 is 1.30 bits per heavy atom. The van der Waals surface area contributed by atoms with Gasteiger partial charge in [-0.25, -0.2) is 9.59 Å². The van der Waals surface area contributed by atoms with Crippen LogP contribution in [0.2, 0.25) is 0 Å². The van der Waals surface area contributed by atoms with Crippen LogP contribution in [0, 0.1) is 5.41 Å². The standard InChI is InChI=1S/C14H21N3O3/c1-9(10-6-5-7-15-8-10)16-13(20)17-11(12(18)19)14(2,3)4/h5-9,11H,1-4H3,(H,18,19)(H2,16,17,20)/t9?,11-/m1/s1. The summed E-state index contributed by atoms with van der Waals surface area (Å²) in [7, 11) is 0. The van der Waals surface area contributed by atoms with Gasteiger partial charge in [0.1, 0.15) is 6.04 Å². The van der Waals surface area contributed by atoms with Gasteiger partial charge >= 0.3 is 12.0 Å².